The Labute approximate surface area is 118 Å². The minimum absolute atomic E-state index is 0.106. The quantitative estimate of drug-likeness (QED) is 0.858. The molecule has 21 heavy (non-hydrogen) atoms. The number of nitrogens with two attached hydrogens (primary N) is 1. The lowest BCUT2D eigenvalue weighted by atomic mass is 10.2. The van der Waals surface area contributed by atoms with Gasteiger partial charge in [0.05, 0.1) is 5.69 Å². The Morgan fingerprint density at radius 1 is 1.24 bits per heavy atom. The molecule has 2 rings (SSSR count). The van der Waals surface area contributed by atoms with E-state index in [9.17, 15) is 13.2 Å². The highest BCUT2D eigenvalue weighted by atomic mass is 19.4. The summed E-state index contributed by atoms with van der Waals surface area (Å²) in [7, 11) is 0. The van der Waals surface area contributed by atoms with E-state index in [1.54, 1.807) is 31.2 Å². The summed E-state index contributed by atoms with van der Waals surface area (Å²) in [6.45, 7) is 1.69. The number of nitrogen functional groups attached to an aromatic ring is 1. The summed E-state index contributed by atoms with van der Waals surface area (Å²) in [5.41, 5.74) is 5.36. The van der Waals surface area contributed by atoms with Crippen molar-refractivity contribution in [2.75, 3.05) is 5.73 Å². The summed E-state index contributed by atoms with van der Waals surface area (Å²) in [6, 6.07) is 8.39. The molecule has 0 aliphatic heterocycles. The average Bonchev–Trinajstić information content (AvgIpc) is 2.42. The number of benzene rings is 1. The summed E-state index contributed by atoms with van der Waals surface area (Å²) < 4.78 is 43.4. The zero-order valence-corrected chi connectivity index (χ0v) is 10.9. The van der Waals surface area contributed by atoms with Crippen LogP contribution in [0.1, 0.15) is 16.8 Å². The van der Waals surface area contributed by atoms with Gasteiger partial charge in [0, 0.05) is 0 Å². The van der Waals surface area contributed by atoms with Crippen LogP contribution >= 0.6 is 0 Å². The van der Waals surface area contributed by atoms with E-state index in [2.05, 4.69) is 4.98 Å². The lowest BCUT2D eigenvalue weighted by Crippen LogP contribution is -2.09. The van der Waals surface area contributed by atoms with E-state index in [0.29, 0.717) is 5.56 Å². The monoisotopic (exact) mass is 293 g/mol. The van der Waals surface area contributed by atoms with Gasteiger partial charge in [-0.3, -0.25) is 0 Å². The Kier molecular flexibility index (Phi) is 3.72. The van der Waals surface area contributed by atoms with Crippen LogP contribution in [0.15, 0.2) is 30.3 Å². The Balaban J connectivity index is 2.51. The third-order valence-electron chi connectivity index (χ3n) is 2.71. The fourth-order valence-corrected chi connectivity index (χ4v) is 1.67. The molecule has 0 aliphatic rings. The second kappa shape index (κ2) is 5.32. The van der Waals surface area contributed by atoms with Crippen molar-refractivity contribution in [2.24, 2.45) is 0 Å². The largest absolute Gasteiger partial charge is 0.435 e. The molecule has 1 aromatic heterocycles. The first-order valence-electron chi connectivity index (χ1n) is 5.84. The lowest BCUT2D eigenvalue weighted by Gasteiger charge is -2.13. The number of aryl methyl sites for hydroxylation is 1. The van der Waals surface area contributed by atoms with Crippen LogP contribution in [0, 0.1) is 18.3 Å². The maximum Gasteiger partial charge on any atom is 0.433 e. The van der Waals surface area contributed by atoms with Crippen LogP contribution in [0.2, 0.25) is 0 Å². The fraction of sp³-hybridized carbons (Fsp3) is 0.143. The molecular formula is C14H10F3N3O. The highest BCUT2D eigenvalue weighted by Crippen LogP contribution is 2.34. The van der Waals surface area contributed by atoms with Crippen LogP contribution in [0.25, 0.3) is 0 Å². The lowest BCUT2D eigenvalue weighted by molar-refractivity contribution is -0.141. The van der Waals surface area contributed by atoms with Gasteiger partial charge in [0.1, 0.15) is 17.3 Å². The Morgan fingerprint density at radius 2 is 1.95 bits per heavy atom. The minimum atomic E-state index is -4.62. The number of ether oxygens (including phenoxy) is 1. The van der Waals surface area contributed by atoms with Gasteiger partial charge in [-0.25, -0.2) is 4.98 Å². The van der Waals surface area contributed by atoms with Crippen molar-refractivity contribution in [2.45, 2.75) is 13.1 Å². The van der Waals surface area contributed by atoms with E-state index in [-0.39, 0.29) is 17.0 Å². The minimum Gasteiger partial charge on any atom is -0.435 e. The molecule has 108 valence electrons. The van der Waals surface area contributed by atoms with Crippen LogP contribution < -0.4 is 10.5 Å². The molecule has 0 atom stereocenters. The average molecular weight is 293 g/mol. The van der Waals surface area contributed by atoms with E-state index in [0.717, 1.165) is 12.1 Å². The van der Waals surface area contributed by atoms with Crippen molar-refractivity contribution in [3.63, 3.8) is 0 Å². The van der Waals surface area contributed by atoms with Crippen LogP contribution in [0.4, 0.5) is 18.9 Å². The molecule has 1 aromatic carbocycles. The number of alkyl halides is 3. The summed E-state index contributed by atoms with van der Waals surface area (Å²) in [4.78, 5) is 3.37. The number of nitriles is 1. The number of hydrogen-bond donors (Lipinski definition) is 1. The molecule has 2 N–H and O–H groups in total. The number of rotatable bonds is 2. The molecule has 0 aliphatic carbocycles. The standard InChI is InChI=1S/C14H10F3N3O/c1-8-3-2-4-10(19)12(8)21-13-9(7-18)5-6-11(20-13)14(15,16)17/h2-6H,19H2,1H3. The van der Waals surface area contributed by atoms with Gasteiger partial charge in [0.2, 0.25) is 5.88 Å². The van der Waals surface area contributed by atoms with Crippen LogP contribution in [-0.2, 0) is 6.18 Å². The van der Waals surface area contributed by atoms with Gasteiger partial charge < -0.3 is 10.5 Å². The van der Waals surface area contributed by atoms with Gasteiger partial charge in [-0.05, 0) is 30.7 Å². The van der Waals surface area contributed by atoms with Crippen molar-refractivity contribution >= 4 is 5.69 Å². The fourth-order valence-electron chi connectivity index (χ4n) is 1.67. The molecule has 0 radical (unpaired) electrons. The predicted octanol–water partition coefficient (Wildman–Crippen LogP) is 3.66. The summed E-state index contributed by atoms with van der Waals surface area (Å²) in [5, 5.41) is 8.95. The van der Waals surface area contributed by atoms with E-state index in [1.807, 2.05) is 0 Å². The number of halogens is 3. The van der Waals surface area contributed by atoms with Crippen molar-refractivity contribution < 1.29 is 17.9 Å². The molecule has 4 nitrogen and oxygen atoms in total. The van der Waals surface area contributed by atoms with E-state index in [1.165, 1.54) is 0 Å². The summed E-state index contributed by atoms with van der Waals surface area (Å²) in [5.74, 6) is -0.242. The maximum atomic E-state index is 12.7. The van der Waals surface area contributed by atoms with Gasteiger partial charge in [0.25, 0.3) is 0 Å². The zero-order chi connectivity index (χ0) is 15.6. The topological polar surface area (TPSA) is 71.9 Å². The molecule has 0 amide bonds. The first-order valence-corrected chi connectivity index (χ1v) is 5.84. The second-order valence-corrected chi connectivity index (χ2v) is 4.25. The van der Waals surface area contributed by atoms with Gasteiger partial charge in [-0.15, -0.1) is 0 Å². The first kappa shape index (κ1) is 14.7. The Bertz CT molecular complexity index is 700. The summed E-state index contributed by atoms with van der Waals surface area (Å²) in [6.07, 6.45) is -4.62. The number of aromatic nitrogens is 1. The van der Waals surface area contributed by atoms with E-state index < -0.39 is 17.8 Å². The third kappa shape index (κ3) is 3.05. The molecule has 0 saturated heterocycles. The van der Waals surface area contributed by atoms with Crippen LogP contribution in [0.3, 0.4) is 0 Å². The number of pyridine rings is 1. The number of anilines is 1. The maximum absolute atomic E-state index is 12.7. The van der Waals surface area contributed by atoms with Gasteiger partial charge in [-0.1, -0.05) is 12.1 Å². The smallest absolute Gasteiger partial charge is 0.433 e. The number of para-hydroxylation sites is 1. The molecule has 0 spiro atoms. The van der Waals surface area contributed by atoms with Crippen molar-refractivity contribution in [1.29, 1.82) is 5.26 Å². The normalized spacial score (nSPS) is 11.0. The highest BCUT2D eigenvalue weighted by molar-refractivity contribution is 5.58. The van der Waals surface area contributed by atoms with Gasteiger partial charge in [0.15, 0.2) is 5.75 Å². The Hall–Kier alpha value is -2.75. The Morgan fingerprint density at radius 3 is 2.52 bits per heavy atom. The van der Waals surface area contributed by atoms with Crippen molar-refractivity contribution in [3.05, 3.63) is 47.2 Å². The number of hydrogen-bond acceptors (Lipinski definition) is 4. The van der Waals surface area contributed by atoms with Crippen molar-refractivity contribution in [1.82, 2.24) is 4.98 Å². The number of nitrogens with zero attached hydrogens (tertiary/aromatic N) is 2. The molecule has 0 fully saturated rings. The van der Waals surface area contributed by atoms with Crippen LogP contribution in [-0.4, -0.2) is 4.98 Å². The molecular weight excluding hydrogens is 283 g/mol. The third-order valence-corrected chi connectivity index (χ3v) is 2.71. The first-order chi connectivity index (χ1) is 9.82. The molecule has 0 bridgehead atoms. The van der Waals surface area contributed by atoms with Gasteiger partial charge in [-0.2, -0.15) is 18.4 Å². The SMILES string of the molecule is Cc1cccc(N)c1Oc1nc(C(F)(F)F)ccc1C#N. The molecule has 1 heterocycles. The van der Waals surface area contributed by atoms with E-state index in [4.69, 9.17) is 15.7 Å². The van der Waals surface area contributed by atoms with Crippen molar-refractivity contribution in [3.8, 4) is 17.7 Å². The zero-order valence-electron chi connectivity index (χ0n) is 10.9. The highest BCUT2D eigenvalue weighted by Gasteiger charge is 2.33. The van der Waals surface area contributed by atoms with Gasteiger partial charge >= 0.3 is 6.18 Å². The van der Waals surface area contributed by atoms with Crippen LogP contribution in [0.5, 0.6) is 11.6 Å². The molecule has 7 heteroatoms. The summed E-state index contributed by atoms with van der Waals surface area (Å²) >= 11 is 0. The molecule has 2 aromatic rings. The molecule has 0 saturated carbocycles. The molecule has 0 unspecified atom stereocenters. The van der Waals surface area contributed by atoms with E-state index >= 15 is 0 Å². The predicted molar refractivity (Wildman–Crippen MR) is 69.6 cm³/mol. The second-order valence-electron chi connectivity index (χ2n) is 4.25.